The van der Waals surface area contributed by atoms with Crippen LogP contribution in [0.2, 0.25) is 0 Å². The average Bonchev–Trinajstić information content (AvgIpc) is 3.36. The number of aliphatic hydroxyl groups excluding tert-OH is 1. The molecule has 6 aliphatic rings. The SMILES string of the molecule is CC1(C)C=Cc2c(ccc3c4c([nH]c23)C(C)(C)[C@H]2C[C@]35CCCN3C(=O)[C@]2(NC5=O)[C@H]4O)O1. The summed E-state index contributed by atoms with van der Waals surface area (Å²) in [6, 6.07) is 3.90. The summed E-state index contributed by atoms with van der Waals surface area (Å²) in [6.45, 7) is 8.89. The Morgan fingerprint density at radius 3 is 2.76 bits per heavy atom. The minimum atomic E-state index is -1.33. The van der Waals surface area contributed by atoms with E-state index >= 15 is 0 Å². The van der Waals surface area contributed by atoms with Gasteiger partial charge in [0.05, 0.1) is 5.52 Å². The molecule has 2 amide bonds. The van der Waals surface area contributed by atoms with E-state index in [-0.39, 0.29) is 23.3 Å². The Labute approximate surface area is 192 Å². The third kappa shape index (κ3) is 1.99. The van der Waals surface area contributed by atoms with Gasteiger partial charge in [-0.05, 0) is 57.4 Å². The summed E-state index contributed by atoms with van der Waals surface area (Å²) >= 11 is 0. The van der Waals surface area contributed by atoms with Crippen LogP contribution in [0.3, 0.4) is 0 Å². The van der Waals surface area contributed by atoms with Crippen molar-refractivity contribution in [2.24, 2.45) is 5.92 Å². The minimum Gasteiger partial charge on any atom is -0.483 e. The molecule has 1 aliphatic carbocycles. The first-order valence-electron chi connectivity index (χ1n) is 11.9. The Kier molecular flexibility index (Phi) is 3.25. The van der Waals surface area contributed by atoms with Gasteiger partial charge in [0, 0.05) is 40.1 Å². The monoisotopic (exact) mass is 447 g/mol. The predicted molar refractivity (Wildman–Crippen MR) is 123 cm³/mol. The van der Waals surface area contributed by atoms with Gasteiger partial charge in [0.2, 0.25) is 5.91 Å². The molecule has 7 nitrogen and oxygen atoms in total. The van der Waals surface area contributed by atoms with Crippen molar-refractivity contribution in [3.8, 4) is 5.75 Å². The van der Waals surface area contributed by atoms with Crippen LogP contribution in [-0.4, -0.2) is 50.0 Å². The number of H-pyrrole nitrogens is 1. The van der Waals surface area contributed by atoms with E-state index in [4.69, 9.17) is 4.74 Å². The predicted octanol–water partition coefficient (Wildman–Crippen LogP) is 2.93. The van der Waals surface area contributed by atoms with E-state index in [9.17, 15) is 14.7 Å². The van der Waals surface area contributed by atoms with E-state index in [1.807, 2.05) is 32.1 Å². The smallest absolute Gasteiger partial charge is 0.252 e. The zero-order chi connectivity index (χ0) is 23.1. The second-order valence-corrected chi connectivity index (χ2v) is 11.6. The molecule has 5 aliphatic heterocycles. The number of amides is 2. The van der Waals surface area contributed by atoms with E-state index in [0.717, 1.165) is 39.9 Å². The number of nitrogens with one attached hydrogen (secondary N) is 2. The number of aromatic amines is 1. The van der Waals surface area contributed by atoms with E-state index in [0.29, 0.717) is 19.4 Å². The summed E-state index contributed by atoms with van der Waals surface area (Å²) in [5.41, 5.74) is 0.564. The summed E-state index contributed by atoms with van der Waals surface area (Å²) in [4.78, 5) is 32.7. The van der Waals surface area contributed by atoms with Gasteiger partial charge < -0.3 is 25.0 Å². The molecule has 7 heteroatoms. The van der Waals surface area contributed by atoms with Gasteiger partial charge in [-0.1, -0.05) is 13.8 Å². The lowest BCUT2D eigenvalue weighted by molar-refractivity contribution is -0.191. The first kappa shape index (κ1) is 19.6. The molecule has 4 atom stereocenters. The third-order valence-electron chi connectivity index (χ3n) is 9.18. The number of rotatable bonds is 0. The number of hydrogen-bond donors (Lipinski definition) is 3. The van der Waals surface area contributed by atoms with Gasteiger partial charge in [-0.3, -0.25) is 9.59 Å². The molecule has 2 bridgehead atoms. The van der Waals surface area contributed by atoms with Crippen molar-refractivity contribution in [3.63, 3.8) is 0 Å². The van der Waals surface area contributed by atoms with Gasteiger partial charge in [-0.15, -0.1) is 0 Å². The van der Waals surface area contributed by atoms with Gasteiger partial charge in [0.15, 0.2) is 5.54 Å². The van der Waals surface area contributed by atoms with Crippen molar-refractivity contribution in [3.05, 3.63) is 35.0 Å². The van der Waals surface area contributed by atoms with Crippen LogP contribution < -0.4 is 10.1 Å². The number of piperazine rings is 1. The van der Waals surface area contributed by atoms with Gasteiger partial charge in [-0.25, -0.2) is 0 Å². The zero-order valence-corrected chi connectivity index (χ0v) is 19.4. The Hall–Kier alpha value is -2.80. The van der Waals surface area contributed by atoms with E-state index in [1.165, 1.54) is 0 Å². The van der Waals surface area contributed by atoms with Crippen LogP contribution in [0.5, 0.6) is 5.75 Å². The largest absolute Gasteiger partial charge is 0.483 e. The second kappa shape index (κ2) is 5.46. The fraction of sp³-hybridized carbons (Fsp3) is 0.538. The Morgan fingerprint density at radius 2 is 1.97 bits per heavy atom. The molecule has 3 N–H and O–H groups in total. The van der Waals surface area contributed by atoms with Crippen LogP contribution in [0.15, 0.2) is 18.2 Å². The molecule has 2 aromatic rings. The first-order valence-corrected chi connectivity index (χ1v) is 11.9. The van der Waals surface area contributed by atoms with Gasteiger partial charge in [0.1, 0.15) is 23.0 Å². The number of piperidine rings is 2. The van der Waals surface area contributed by atoms with Crippen molar-refractivity contribution in [1.82, 2.24) is 15.2 Å². The number of carbonyl (C=O) groups excluding carboxylic acids is 2. The number of hydrogen-bond acceptors (Lipinski definition) is 4. The molecule has 8 rings (SSSR count). The lowest BCUT2D eigenvalue weighted by Gasteiger charge is -2.65. The number of aromatic nitrogens is 1. The number of carbonyl (C=O) groups is 2. The van der Waals surface area contributed by atoms with Crippen molar-refractivity contribution in [2.45, 2.75) is 75.2 Å². The molecular formula is C26H29N3O4. The highest BCUT2D eigenvalue weighted by Gasteiger charge is 2.75. The third-order valence-corrected chi connectivity index (χ3v) is 9.18. The Bertz CT molecular complexity index is 1320. The number of nitrogens with zero attached hydrogens (tertiary/aromatic N) is 1. The maximum atomic E-state index is 13.9. The fourth-order valence-corrected chi connectivity index (χ4v) is 7.57. The van der Waals surface area contributed by atoms with E-state index < -0.39 is 22.6 Å². The minimum absolute atomic E-state index is 0.107. The molecule has 0 saturated carbocycles. The van der Waals surface area contributed by atoms with Gasteiger partial charge in [-0.2, -0.15) is 0 Å². The van der Waals surface area contributed by atoms with Gasteiger partial charge in [0.25, 0.3) is 5.91 Å². The normalized spacial score (nSPS) is 36.7. The summed E-state index contributed by atoms with van der Waals surface area (Å²) in [7, 11) is 0. The van der Waals surface area contributed by atoms with Crippen LogP contribution in [0.4, 0.5) is 0 Å². The molecule has 0 radical (unpaired) electrons. The lowest BCUT2D eigenvalue weighted by atomic mass is 9.50. The van der Waals surface area contributed by atoms with Gasteiger partial charge >= 0.3 is 0 Å². The zero-order valence-electron chi connectivity index (χ0n) is 19.4. The Morgan fingerprint density at radius 1 is 1.18 bits per heavy atom. The molecule has 0 unspecified atom stereocenters. The number of aliphatic hydroxyl groups is 1. The van der Waals surface area contributed by atoms with Crippen LogP contribution in [0.25, 0.3) is 17.0 Å². The highest BCUT2D eigenvalue weighted by atomic mass is 16.5. The second-order valence-electron chi connectivity index (χ2n) is 11.6. The molecule has 2 spiro atoms. The maximum absolute atomic E-state index is 13.9. The summed E-state index contributed by atoms with van der Waals surface area (Å²) in [5.74, 6) is 0.354. The Balaban J connectivity index is 1.50. The van der Waals surface area contributed by atoms with E-state index in [1.54, 1.807) is 4.90 Å². The quantitative estimate of drug-likeness (QED) is 0.579. The van der Waals surface area contributed by atoms with Crippen LogP contribution in [0.1, 0.15) is 69.9 Å². The van der Waals surface area contributed by atoms with Crippen molar-refractivity contribution < 1.29 is 19.4 Å². The van der Waals surface area contributed by atoms with Crippen LogP contribution in [-0.2, 0) is 15.0 Å². The van der Waals surface area contributed by atoms with Crippen molar-refractivity contribution in [1.29, 1.82) is 0 Å². The van der Waals surface area contributed by atoms with Crippen LogP contribution in [0, 0.1) is 5.92 Å². The standard InChI is InChI=1S/C26H29N3O4/c1-23(2)10-8-13-15(33-23)7-6-14-17-19(27-18(13)14)24(3,4)16-12-25-9-5-11-29(25)22(32)26(16,20(17)30)28-21(25)31/h6-8,10,16,20,27,30H,5,9,11-12H2,1-4H3,(H,28,31)/t16-,20+,25+,26-/m1/s1. The molecule has 33 heavy (non-hydrogen) atoms. The topological polar surface area (TPSA) is 94.7 Å². The van der Waals surface area contributed by atoms with Crippen molar-refractivity contribution >= 4 is 28.8 Å². The molecular weight excluding hydrogens is 418 g/mol. The molecule has 4 fully saturated rings. The maximum Gasteiger partial charge on any atom is 0.252 e. The van der Waals surface area contributed by atoms with Crippen LogP contribution >= 0.6 is 0 Å². The highest BCUT2D eigenvalue weighted by molar-refractivity contribution is 6.07. The first-order chi connectivity index (χ1) is 15.5. The summed E-state index contributed by atoms with van der Waals surface area (Å²) in [5, 5.41) is 15.9. The molecule has 1 aromatic carbocycles. The summed E-state index contributed by atoms with van der Waals surface area (Å²) in [6.07, 6.45) is 5.07. The summed E-state index contributed by atoms with van der Waals surface area (Å²) < 4.78 is 6.17. The lowest BCUT2D eigenvalue weighted by Crippen LogP contribution is -2.85. The average molecular weight is 448 g/mol. The number of fused-ring (bicyclic) bond motifs is 6. The number of benzene rings is 1. The van der Waals surface area contributed by atoms with E-state index in [2.05, 4.69) is 30.2 Å². The van der Waals surface area contributed by atoms with Crippen molar-refractivity contribution in [2.75, 3.05) is 6.54 Å². The molecule has 4 saturated heterocycles. The molecule has 172 valence electrons. The fourth-order valence-electron chi connectivity index (χ4n) is 7.57. The highest BCUT2D eigenvalue weighted by Crippen LogP contribution is 2.62. The number of ether oxygens (including phenoxy) is 1. The molecule has 6 heterocycles. The molecule has 1 aromatic heterocycles.